The second-order valence-corrected chi connectivity index (χ2v) is 4.32. The van der Waals surface area contributed by atoms with Gasteiger partial charge in [-0.1, -0.05) is 23.7 Å². The minimum Gasteiger partial charge on any atom is -0.492 e. The molecule has 2 nitrogen and oxygen atoms in total. The Balaban J connectivity index is 0.00000242. The quantitative estimate of drug-likeness (QED) is 0.597. The Labute approximate surface area is 167 Å². The molecule has 22 heavy (non-hydrogen) atoms. The number of rotatable bonds is 4. The van der Waals surface area contributed by atoms with Crippen LogP contribution in [0.3, 0.4) is 0 Å². The van der Waals surface area contributed by atoms with E-state index in [1.54, 1.807) is 0 Å². The largest absolute Gasteiger partial charge is 1.00 e. The fraction of sp³-hybridized carbons (Fsp3) is 0.0714. The summed E-state index contributed by atoms with van der Waals surface area (Å²) < 4.78 is 57.1. The average molecular weight is 333 g/mol. The van der Waals surface area contributed by atoms with Crippen molar-refractivity contribution in [1.29, 1.82) is 5.26 Å². The van der Waals surface area contributed by atoms with Crippen molar-refractivity contribution >= 4 is 12.4 Å². The predicted molar refractivity (Wildman–Crippen MR) is 70.6 cm³/mol. The standard InChI is InChI=1S/C14H9BF4NO.K/c16-13-6-5-10(8-20)7-11(13)9-21-14-4-2-1-3-12(14)15(17,18)19;/h1-7H,9H2;/q-1;+1. The van der Waals surface area contributed by atoms with E-state index in [1.165, 1.54) is 30.3 Å². The Morgan fingerprint density at radius 3 is 2.41 bits per heavy atom. The maximum absolute atomic E-state index is 13.5. The first-order chi connectivity index (χ1) is 9.91. The summed E-state index contributed by atoms with van der Waals surface area (Å²) in [6.45, 7) is -5.60. The van der Waals surface area contributed by atoms with Crippen molar-refractivity contribution in [1.82, 2.24) is 0 Å². The smallest absolute Gasteiger partial charge is 0.492 e. The molecular weight excluding hydrogens is 324 g/mol. The average Bonchev–Trinajstić information content (AvgIpc) is 2.46. The molecule has 2 aromatic rings. The zero-order valence-electron chi connectivity index (χ0n) is 11.7. The summed E-state index contributed by atoms with van der Waals surface area (Å²) in [6.07, 6.45) is 0. The molecule has 2 rings (SSSR count). The summed E-state index contributed by atoms with van der Waals surface area (Å²) in [7, 11) is 0. The maximum atomic E-state index is 13.5. The van der Waals surface area contributed by atoms with Gasteiger partial charge in [0.1, 0.15) is 12.4 Å². The van der Waals surface area contributed by atoms with E-state index in [2.05, 4.69) is 0 Å². The van der Waals surface area contributed by atoms with Gasteiger partial charge < -0.3 is 17.7 Å². The molecule has 0 saturated carbocycles. The molecule has 2 aromatic carbocycles. The van der Waals surface area contributed by atoms with Gasteiger partial charge in [-0.3, -0.25) is 0 Å². The minimum absolute atomic E-state index is 0. The van der Waals surface area contributed by atoms with Gasteiger partial charge in [0.2, 0.25) is 0 Å². The number of nitriles is 1. The van der Waals surface area contributed by atoms with E-state index in [0.29, 0.717) is 0 Å². The molecule has 0 aromatic heterocycles. The molecule has 0 spiro atoms. The van der Waals surface area contributed by atoms with E-state index in [9.17, 15) is 17.3 Å². The topological polar surface area (TPSA) is 33.0 Å². The molecule has 0 saturated heterocycles. The van der Waals surface area contributed by atoms with Crippen molar-refractivity contribution in [2.75, 3.05) is 0 Å². The summed E-state index contributed by atoms with van der Waals surface area (Å²) in [4.78, 5) is 0. The number of hydrogen-bond donors (Lipinski definition) is 0. The third-order valence-corrected chi connectivity index (χ3v) is 2.83. The number of ether oxygens (including phenoxy) is 1. The van der Waals surface area contributed by atoms with Crippen LogP contribution in [0.4, 0.5) is 17.3 Å². The first-order valence-electron chi connectivity index (χ1n) is 6.02. The second kappa shape index (κ2) is 8.13. The fourth-order valence-electron chi connectivity index (χ4n) is 1.79. The third-order valence-electron chi connectivity index (χ3n) is 2.83. The molecule has 0 atom stereocenters. The number of hydrogen-bond acceptors (Lipinski definition) is 2. The Bertz CT molecular complexity index is 700. The molecule has 0 radical (unpaired) electrons. The van der Waals surface area contributed by atoms with Gasteiger partial charge >= 0.3 is 58.4 Å². The van der Waals surface area contributed by atoms with Crippen LogP contribution in [-0.4, -0.2) is 6.98 Å². The Morgan fingerprint density at radius 2 is 1.77 bits per heavy atom. The molecule has 0 fully saturated rings. The van der Waals surface area contributed by atoms with Gasteiger partial charge in [0, 0.05) is 5.56 Å². The van der Waals surface area contributed by atoms with E-state index in [4.69, 9.17) is 10.00 Å². The predicted octanol–water partition coefficient (Wildman–Crippen LogP) is 0.335. The molecule has 8 heteroatoms. The maximum Gasteiger partial charge on any atom is 1.00 e. The van der Waals surface area contributed by atoms with Crippen molar-refractivity contribution in [3.05, 3.63) is 59.4 Å². The van der Waals surface area contributed by atoms with Crippen molar-refractivity contribution in [3.63, 3.8) is 0 Å². The van der Waals surface area contributed by atoms with Crippen LogP contribution in [0.15, 0.2) is 42.5 Å². The number of nitrogens with zero attached hydrogens (tertiary/aromatic N) is 1. The summed E-state index contributed by atoms with van der Waals surface area (Å²) in [5, 5.41) is 8.73. The fourth-order valence-corrected chi connectivity index (χ4v) is 1.79. The van der Waals surface area contributed by atoms with Crippen LogP contribution in [0.5, 0.6) is 5.75 Å². The molecule has 108 valence electrons. The summed E-state index contributed by atoms with van der Waals surface area (Å²) in [6, 6.07) is 10.2. The van der Waals surface area contributed by atoms with Crippen molar-refractivity contribution in [2.45, 2.75) is 6.61 Å². The molecule has 0 amide bonds. The Hall–Kier alpha value is -0.849. The first-order valence-corrected chi connectivity index (χ1v) is 6.02. The van der Waals surface area contributed by atoms with Crippen LogP contribution in [0, 0.1) is 17.1 Å². The van der Waals surface area contributed by atoms with Gasteiger partial charge in [0.05, 0.1) is 17.4 Å². The third kappa shape index (κ3) is 4.83. The van der Waals surface area contributed by atoms with Gasteiger partial charge in [-0.15, -0.1) is 0 Å². The van der Waals surface area contributed by atoms with Gasteiger partial charge in [0.25, 0.3) is 0 Å². The molecular formula is C14H9BF4KNO. The van der Waals surface area contributed by atoms with E-state index < -0.39 is 18.3 Å². The van der Waals surface area contributed by atoms with E-state index >= 15 is 0 Å². The summed E-state index contributed by atoms with van der Waals surface area (Å²) in [5.41, 5.74) is -0.629. The van der Waals surface area contributed by atoms with E-state index in [0.717, 1.165) is 12.1 Å². The Morgan fingerprint density at radius 1 is 1.09 bits per heavy atom. The number of para-hydroxylation sites is 1. The normalized spacial score (nSPS) is 10.5. The first kappa shape index (κ1) is 19.2. The second-order valence-electron chi connectivity index (χ2n) is 4.32. The van der Waals surface area contributed by atoms with E-state index in [1.807, 2.05) is 6.07 Å². The van der Waals surface area contributed by atoms with Crippen LogP contribution in [0.25, 0.3) is 0 Å². The van der Waals surface area contributed by atoms with Gasteiger partial charge in [-0.25, -0.2) is 4.39 Å². The summed E-state index contributed by atoms with van der Waals surface area (Å²) in [5.74, 6) is -0.990. The van der Waals surface area contributed by atoms with Crippen LogP contribution >= 0.6 is 0 Å². The van der Waals surface area contributed by atoms with Gasteiger partial charge in [-0.2, -0.15) is 5.26 Å². The zero-order valence-corrected chi connectivity index (χ0v) is 14.8. The monoisotopic (exact) mass is 333 g/mol. The molecule has 0 bridgehead atoms. The number of benzene rings is 2. The van der Waals surface area contributed by atoms with Crippen LogP contribution in [-0.2, 0) is 6.61 Å². The van der Waals surface area contributed by atoms with Crippen LogP contribution in [0.1, 0.15) is 11.1 Å². The van der Waals surface area contributed by atoms with Crippen molar-refractivity contribution in [2.24, 2.45) is 0 Å². The van der Waals surface area contributed by atoms with Crippen molar-refractivity contribution in [3.8, 4) is 11.8 Å². The zero-order chi connectivity index (χ0) is 15.5. The molecule has 0 aliphatic heterocycles. The SMILES string of the molecule is N#Cc1ccc(F)c(COc2ccccc2[B-](F)(F)F)c1.[K+]. The van der Waals surface area contributed by atoms with Crippen molar-refractivity contribution < 1.29 is 73.5 Å². The molecule has 0 aliphatic rings. The molecule has 0 N–H and O–H groups in total. The van der Waals surface area contributed by atoms with Gasteiger partial charge in [0.15, 0.2) is 0 Å². The number of halogens is 4. The molecule has 0 aliphatic carbocycles. The summed E-state index contributed by atoms with van der Waals surface area (Å²) >= 11 is 0. The Kier molecular flexibility index (Phi) is 7.09. The minimum atomic E-state index is -5.21. The van der Waals surface area contributed by atoms with E-state index in [-0.39, 0.29) is 74.9 Å². The van der Waals surface area contributed by atoms with Crippen LogP contribution in [0.2, 0.25) is 0 Å². The molecule has 0 heterocycles. The van der Waals surface area contributed by atoms with Crippen LogP contribution < -0.4 is 61.6 Å². The van der Waals surface area contributed by atoms with Gasteiger partial charge in [-0.05, 0) is 24.3 Å². The molecule has 0 unspecified atom stereocenters.